The number of nitrogens with one attached hydrogen (secondary N) is 1. The zero-order valence-corrected chi connectivity index (χ0v) is 12.1. The van der Waals surface area contributed by atoms with Gasteiger partial charge in [0.25, 0.3) is 0 Å². The first-order chi connectivity index (χ1) is 8.56. The molecular formula is C14H25N3O. The molecule has 1 rings (SSSR count). The summed E-state index contributed by atoms with van der Waals surface area (Å²) >= 11 is 0. The van der Waals surface area contributed by atoms with Crippen LogP contribution in [0.5, 0.6) is 5.88 Å². The highest BCUT2D eigenvalue weighted by atomic mass is 16.5. The molecule has 0 aliphatic carbocycles. The summed E-state index contributed by atoms with van der Waals surface area (Å²) in [5.74, 6) is 1.91. The van der Waals surface area contributed by atoms with Crippen LogP contribution in [0.2, 0.25) is 0 Å². The molecule has 4 heteroatoms. The van der Waals surface area contributed by atoms with Crippen molar-refractivity contribution in [2.45, 2.75) is 59.6 Å². The average molecular weight is 251 g/mol. The first-order valence-corrected chi connectivity index (χ1v) is 6.83. The molecule has 0 aliphatic heterocycles. The predicted molar refractivity (Wildman–Crippen MR) is 75.0 cm³/mol. The van der Waals surface area contributed by atoms with E-state index < -0.39 is 0 Å². The van der Waals surface area contributed by atoms with Crippen molar-refractivity contribution in [1.29, 1.82) is 0 Å². The van der Waals surface area contributed by atoms with E-state index in [0.29, 0.717) is 23.8 Å². The molecule has 1 heterocycles. The molecule has 102 valence electrons. The van der Waals surface area contributed by atoms with Gasteiger partial charge in [-0.2, -0.15) is 4.98 Å². The van der Waals surface area contributed by atoms with Crippen LogP contribution in [-0.4, -0.2) is 22.1 Å². The Kier molecular flexibility index (Phi) is 5.89. The molecule has 0 aliphatic rings. The van der Waals surface area contributed by atoms with E-state index in [4.69, 9.17) is 4.74 Å². The second-order valence-corrected chi connectivity index (χ2v) is 4.89. The summed E-state index contributed by atoms with van der Waals surface area (Å²) in [7, 11) is 0. The van der Waals surface area contributed by atoms with Crippen LogP contribution in [-0.2, 0) is 0 Å². The van der Waals surface area contributed by atoms with Gasteiger partial charge in [0.05, 0.1) is 6.10 Å². The molecule has 18 heavy (non-hydrogen) atoms. The zero-order chi connectivity index (χ0) is 13.5. The van der Waals surface area contributed by atoms with Gasteiger partial charge < -0.3 is 10.1 Å². The van der Waals surface area contributed by atoms with Crippen LogP contribution in [0, 0.1) is 5.92 Å². The molecule has 1 N–H and O–H groups in total. The Labute approximate surface area is 110 Å². The van der Waals surface area contributed by atoms with E-state index in [1.54, 1.807) is 12.3 Å². The van der Waals surface area contributed by atoms with E-state index in [1.807, 2.05) is 13.8 Å². The lowest BCUT2D eigenvalue weighted by atomic mass is 9.96. The minimum absolute atomic E-state index is 0.129. The van der Waals surface area contributed by atoms with Crippen molar-refractivity contribution in [3.8, 4) is 5.88 Å². The van der Waals surface area contributed by atoms with Gasteiger partial charge in [0.15, 0.2) is 0 Å². The molecular weight excluding hydrogens is 226 g/mol. The summed E-state index contributed by atoms with van der Waals surface area (Å²) in [5.41, 5.74) is 0. The van der Waals surface area contributed by atoms with Crippen molar-refractivity contribution < 1.29 is 4.74 Å². The Hall–Kier alpha value is -1.32. The van der Waals surface area contributed by atoms with Crippen molar-refractivity contribution in [2.75, 3.05) is 5.32 Å². The number of nitrogens with zero attached hydrogens (tertiary/aromatic N) is 2. The van der Waals surface area contributed by atoms with Crippen molar-refractivity contribution in [2.24, 2.45) is 5.92 Å². The summed E-state index contributed by atoms with van der Waals surface area (Å²) in [4.78, 5) is 8.59. The van der Waals surface area contributed by atoms with Crippen LogP contribution >= 0.6 is 0 Å². The number of ether oxygens (including phenoxy) is 1. The zero-order valence-electron chi connectivity index (χ0n) is 12.1. The Balaban J connectivity index is 2.66. The van der Waals surface area contributed by atoms with E-state index in [1.165, 1.54) is 0 Å². The molecule has 0 fully saturated rings. The maximum atomic E-state index is 5.56. The van der Waals surface area contributed by atoms with Crippen molar-refractivity contribution >= 4 is 5.95 Å². The molecule has 0 spiro atoms. The molecule has 1 unspecified atom stereocenters. The van der Waals surface area contributed by atoms with Gasteiger partial charge >= 0.3 is 0 Å². The summed E-state index contributed by atoms with van der Waals surface area (Å²) in [6.45, 7) is 10.6. The maximum Gasteiger partial charge on any atom is 0.226 e. The fourth-order valence-electron chi connectivity index (χ4n) is 2.04. The van der Waals surface area contributed by atoms with Gasteiger partial charge in [0, 0.05) is 18.3 Å². The molecule has 0 radical (unpaired) electrons. The normalized spacial score (nSPS) is 12.8. The number of hydrogen-bond donors (Lipinski definition) is 1. The molecule has 0 aromatic carbocycles. The lowest BCUT2D eigenvalue weighted by Crippen LogP contribution is -2.26. The highest BCUT2D eigenvalue weighted by molar-refractivity contribution is 5.28. The fourth-order valence-corrected chi connectivity index (χ4v) is 2.04. The van der Waals surface area contributed by atoms with Gasteiger partial charge in [-0.25, -0.2) is 4.98 Å². The topological polar surface area (TPSA) is 47.0 Å². The Bertz CT molecular complexity index is 351. The third kappa shape index (κ3) is 4.51. The van der Waals surface area contributed by atoms with Gasteiger partial charge in [-0.3, -0.25) is 0 Å². The maximum absolute atomic E-state index is 5.56. The van der Waals surface area contributed by atoms with E-state index in [-0.39, 0.29) is 6.10 Å². The van der Waals surface area contributed by atoms with Crippen LogP contribution in [0.25, 0.3) is 0 Å². The minimum Gasteiger partial charge on any atom is -0.475 e. The molecule has 1 aromatic rings. The highest BCUT2D eigenvalue weighted by Gasteiger charge is 2.14. The third-order valence-corrected chi connectivity index (χ3v) is 3.10. The van der Waals surface area contributed by atoms with Gasteiger partial charge in [0.2, 0.25) is 11.8 Å². The smallest absolute Gasteiger partial charge is 0.226 e. The lowest BCUT2D eigenvalue weighted by Gasteiger charge is -2.22. The van der Waals surface area contributed by atoms with Crippen molar-refractivity contribution in [1.82, 2.24) is 9.97 Å². The Morgan fingerprint density at radius 2 is 1.89 bits per heavy atom. The van der Waals surface area contributed by atoms with Gasteiger partial charge in [-0.1, -0.05) is 26.7 Å². The lowest BCUT2D eigenvalue weighted by molar-refractivity contribution is 0.232. The third-order valence-electron chi connectivity index (χ3n) is 3.10. The summed E-state index contributed by atoms with van der Waals surface area (Å²) in [6.07, 6.45) is 4.18. The average Bonchev–Trinajstić information content (AvgIpc) is 2.30. The summed E-state index contributed by atoms with van der Waals surface area (Å²) in [6, 6.07) is 2.15. The van der Waals surface area contributed by atoms with Crippen LogP contribution < -0.4 is 10.1 Å². The van der Waals surface area contributed by atoms with Crippen LogP contribution in [0.1, 0.15) is 47.5 Å². The van der Waals surface area contributed by atoms with E-state index in [2.05, 4.69) is 36.1 Å². The fraction of sp³-hybridized carbons (Fsp3) is 0.714. The van der Waals surface area contributed by atoms with Crippen molar-refractivity contribution in [3.05, 3.63) is 12.3 Å². The number of hydrogen-bond acceptors (Lipinski definition) is 4. The SMILES string of the molecule is CCC(CC)C(C)Nc1nccc(OC(C)C)n1. The van der Waals surface area contributed by atoms with Gasteiger partial charge in [-0.05, 0) is 26.7 Å². The second-order valence-electron chi connectivity index (χ2n) is 4.89. The van der Waals surface area contributed by atoms with E-state index >= 15 is 0 Å². The molecule has 0 saturated carbocycles. The molecule has 4 nitrogen and oxygen atoms in total. The minimum atomic E-state index is 0.129. The molecule has 0 bridgehead atoms. The van der Waals surface area contributed by atoms with Gasteiger partial charge in [0.1, 0.15) is 0 Å². The molecule has 1 aromatic heterocycles. The van der Waals surface area contributed by atoms with Gasteiger partial charge in [-0.15, -0.1) is 0 Å². The first-order valence-electron chi connectivity index (χ1n) is 6.83. The van der Waals surface area contributed by atoms with Crippen LogP contribution in [0.3, 0.4) is 0 Å². The Morgan fingerprint density at radius 3 is 2.44 bits per heavy atom. The summed E-state index contributed by atoms with van der Waals surface area (Å²) in [5, 5.41) is 3.36. The highest BCUT2D eigenvalue weighted by Crippen LogP contribution is 2.17. The first kappa shape index (κ1) is 14.7. The number of anilines is 1. The number of rotatable bonds is 7. The summed E-state index contributed by atoms with van der Waals surface area (Å²) < 4.78 is 5.56. The number of aromatic nitrogens is 2. The quantitative estimate of drug-likeness (QED) is 0.805. The second kappa shape index (κ2) is 7.19. The molecule has 1 atom stereocenters. The molecule has 0 saturated heterocycles. The standard InChI is InChI=1S/C14H25N3O/c1-6-12(7-2)11(5)16-14-15-9-8-13(17-14)18-10(3)4/h8-12H,6-7H2,1-5H3,(H,15,16,17). The van der Waals surface area contributed by atoms with E-state index in [0.717, 1.165) is 12.8 Å². The monoisotopic (exact) mass is 251 g/mol. The van der Waals surface area contributed by atoms with E-state index in [9.17, 15) is 0 Å². The Morgan fingerprint density at radius 1 is 1.22 bits per heavy atom. The molecule has 0 amide bonds. The predicted octanol–water partition coefficient (Wildman–Crippen LogP) is 3.50. The van der Waals surface area contributed by atoms with Crippen LogP contribution in [0.4, 0.5) is 5.95 Å². The largest absolute Gasteiger partial charge is 0.475 e. The van der Waals surface area contributed by atoms with Crippen LogP contribution in [0.15, 0.2) is 12.3 Å². The van der Waals surface area contributed by atoms with Crippen molar-refractivity contribution in [3.63, 3.8) is 0 Å².